The van der Waals surface area contributed by atoms with Crippen LogP contribution in [0.2, 0.25) is 0 Å². The van der Waals surface area contributed by atoms with E-state index in [2.05, 4.69) is 27.9 Å². The van der Waals surface area contributed by atoms with Crippen LogP contribution in [-0.2, 0) is 9.67 Å². The number of alkyl halides is 1. The third-order valence-electron chi connectivity index (χ3n) is 4.42. The largest absolute Gasteiger partial charge is 0.493 e. The van der Waals surface area contributed by atoms with E-state index in [1.807, 2.05) is 54.6 Å². The highest BCUT2D eigenvalue weighted by molar-refractivity contribution is 14.1. The quantitative estimate of drug-likeness (QED) is 0.217. The van der Waals surface area contributed by atoms with E-state index in [0.717, 1.165) is 27.7 Å². The summed E-state index contributed by atoms with van der Waals surface area (Å²) in [4.78, 5) is 11.4. The first-order chi connectivity index (χ1) is 12.6. The fourth-order valence-corrected chi connectivity index (χ4v) is 5.40. The van der Waals surface area contributed by atoms with Crippen molar-refractivity contribution >= 4 is 45.3 Å². The summed E-state index contributed by atoms with van der Waals surface area (Å²) in [6, 6.07) is 17.5. The Morgan fingerprint density at radius 3 is 2.65 bits per heavy atom. The highest BCUT2D eigenvalue weighted by Crippen LogP contribution is 2.50. The van der Waals surface area contributed by atoms with Gasteiger partial charge in [-0.3, -0.25) is 10.2 Å². The number of ether oxygens (including phenoxy) is 1. The number of hydrogen-bond acceptors (Lipinski definition) is 4. The smallest absolute Gasteiger partial charge is 0.218 e. The minimum atomic E-state index is -0.710. The maximum Gasteiger partial charge on any atom is 0.218 e. The number of benzene rings is 2. The van der Waals surface area contributed by atoms with Crippen molar-refractivity contribution < 1.29 is 9.53 Å². The van der Waals surface area contributed by atoms with Crippen LogP contribution in [0.1, 0.15) is 24.5 Å². The Balaban J connectivity index is 2.08. The Labute approximate surface area is 171 Å². The van der Waals surface area contributed by atoms with Crippen molar-refractivity contribution in [2.24, 2.45) is 5.92 Å². The molecule has 2 atom stereocenters. The van der Waals surface area contributed by atoms with Crippen LogP contribution in [0.15, 0.2) is 54.6 Å². The Hall–Kier alpha value is -1.54. The molecule has 1 heterocycles. The van der Waals surface area contributed by atoms with Crippen LogP contribution in [0.25, 0.3) is 0 Å². The van der Waals surface area contributed by atoms with Crippen LogP contribution in [0, 0.1) is 11.3 Å². The summed E-state index contributed by atoms with van der Waals surface area (Å²) in [6.07, 6.45) is 0.893. The predicted octanol–water partition coefficient (Wildman–Crippen LogP) is 4.57. The molecule has 0 aliphatic carbocycles. The van der Waals surface area contributed by atoms with Crippen molar-refractivity contribution in [3.63, 3.8) is 0 Å². The predicted molar refractivity (Wildman–Crippen MR) is 115 cm³/mol. The van der Waals surface area contributed by atoms with Crippen molar-refractivity contribution in [1.29, 1.82) is 5.41 Å². The van der Waals surface area contributed by atoms with Crippen LogP contribution in [-0.4, -0.2) is 22.0 Å². The van der Waals surface area contributed by atoms with E-state index in [0.29, 0.717) is 11.7 Å². The Bertz CT molecular complexity index is 799. The van der Waals surface area contributed by atoms with Gasteiger partial charge in [0.1, 0.15) is 10.6 Å². The van der Waals surface area contributed by atoms with Crippen molar-refractivity contribution in [1.82, 2.24) is 5.32 Å². The van der Waals surface area contributed by atoms with Crippen LogP contribution < -0.4 is 10.1 Å². The molecule has 0 aromatic heterocycles. The summed E-state index contributed by atoms with van der Waals surface area (Å²) >= 11 is 3.76. The molecule has 1 aliphatic rings. The summed E-state index contributed by atoms with van der Waals surface area (Å²) in [5.74, 6) is 0.750. The maximum atomic E-state index is 12.2. The molecule has 0 saturated heterocycles. The fourth-order valence-electron chi connectivity index (χ4n) is 3.25. The molecule has 1 amide bonds. The number of halogens is 1. The lowest BCUT2D eigenvalue weighted by Crippen LogP contribution is -2.53. The first kappa shape index (κ1) is 19.2. The van der Waals surface area contributed by atoms with Crippen LogP contribution in [0.3, 0.4) is 0 Å². The SMILES string of the molecule is CC(=O)N[C@@]1(SC(=N)c2ccccc2)c2ccccc2OC[C@H]1CCI. The van der Waals surface area contributed by atoms with Crippen molar-refractivity contribution in [3.05, 3.63) is 65.7 Å². The zero-order valence-electron chi connectivity index (χ0n) is 14.5. The number of carbonyl (C=O) groups is 1. The lowest BCUT2D eigenvalue weighted by atomic mass is 9.87. The van der Waals surface area contributed by atoms with Gasteiger partial charge in [0.2, 0.25) is 5.91 Å². The molecular formula is C20H21IN2O2S. The summed E-state index contributed by atoms with van der Waals surface area (Å²) in [5, 5.41) is 12.3. The molecule has 0 saturated carbocycles. The summed E-state index contributed by atoms with van der Waals surface area (Å²) in [6.45, 7) is 2.06. The highest BCUT2D eigenvalue weighted by atomic mass is 127. The molecule has 6 heteroatoms. The molecule has 1 aliphatic heterocycles. The third-order valence-corrected chi connectivity index (χ3v) is 6.46. The van der Waals surface area contributed by atoms with E-state index in [1.54, 1.807) is 0 Å². The van der Waals surface area contributed by atoms with Crippen LogP contribution >= 0.6 is 34.4 Å². The van der Waals surface area contributed by atoms with E-state index in [4.69, 9.17) is 10.1 Å². The van der Waals surface area contributed by atoms with E-state index in [9.17, 15) is 4.79 Å². The average molecular weight is 480 g/mol. The van der Waals surface area contributed by atoms with E-state index < -0.39 is 4.87 Å². The van der Waals surface area contributed by atoms with Crippen molar-refractivity contribution in [3.8, 4) is 5.75 Å². The van der Waals surface area contributed by atoms with Gasteiger partial charge in [0, 0.05) is 28.4 Å². The zero-order valence-corrected chi connectivity index (χ0v) is 17.5. The van der Waals surface area contributed by atoms with Gasteiger partial charge in [-0.2, -0.15) is 0 Å². The third kappa shape index (κ3) is 3.91. The summed E-state index contributed by atoms with van der Waals surface area (Å²) < 4.78 is 6.93. The Morgan fingerprint density at radius 2 is 1.96 bits per heavy atom. The molecule has 2 N–H and O–H groups in total. The van der Waals surface area contributed by atoms with Crippen molar-refractivity contribution in [2.75, 3.05) is 11.0 Å². The number of nitrogens with one attached hydrogen (secondary N) is 2. The number of thioether (sulfide) groups is 1. The number of amides is 1. The molecule has 0 radical (unpaired) electrons. The second-order valence-corrected chi connectivity index (χ2v) is 8.53. The zero-order chi connectivity index (χ0) is 18.6. The fraction of sp³-hybridized carbons (Fsp3) is 0.300. The highest BCUT2D eigenvalue weighted by Gasteiger charge is 2.47. The lowest BCUT2D eigenvalue weighted by molar-refractivity contribution is -0.120. The lowest BCUT2D eigenvalue weighted by Gasteiger charge is -2.44. The number of fused-ring (bicyclic) bond motifs is 1. The van der Waals surface area contributed by atoms with Crippen molar-refractivity contribution in [2.45, 2.75) is 18.2 Å². The van der Waals surface area contributed by atoms with Gasteiger partial charge in [0.15, 0.2) is 0 Å². The topological polar surface area (TPSA) is 62.2 Å². The Morgan fingerprint density at radius 1 is 1.27 bits per heavy atom. The van der Waals surface area contributed by atoms with Crippen LogP contribution in [0.4, 0.5) is 0 Å². The van der Waals surface area contributed by atoms with Gasteiger partial charge in [-0.15, -0.1) is 0 Å². The molecule has 2 aromatic carbocycles. The first-order valence-corrected chi connectivity index (χ1v) is 10.8. The molecule has 0 spiro atoms. The van der Waals surface area contributed by atoms with Gasteiger partial charge in [-0.25, -0.2) is 0 Å². The average Bonchev–Trinajstić information content (AvgIpc) is 2.64. The molecule has 0 fully saturated rings. The van der Waals surface area contributed by atoms with Gasteiger partial charge >= 0.3 is 0 Å². The number of hydrogen-bond donors (Lipinski definition) is 2. The van der Waals surface area contributed by atoms with E-state index in [1.165, 1.54) is 18.7 Å². The Kier molecular flexibility index (Phi) is 6.24. The molecule has 0 unspecified atom stereocenters. The molecule has 2 aromatic rings. The standard InChI is InChI=1S/C20H21IN2O2S/c1-14(24)23-20(26-19(22)15-7-3-2-4-8-15)16(11-12-21)13-25-18-10-6-5-9-17(18)20/h2-10,16,22H,11-13H2,1H3,(H,23,24)/t16-,20+/m1/s1. The summed E-state index contributed by atoms with van der Waals surface area (Å²) in [7, 11) is 0. The summed E-state index contributed by atoms with van der Waals surface area (Å²) in [5.41, 5.74) is 1.78. The van der Waals surface area contributed by atoms with Gasteiger partial charge in [0.25, 0.3) is 0 Å². The van der Waals surface area contributed by atoms with Gasteiger partial charge in [0.05, 0.1) is 11.7 Å². The minimum absolute atomic E-state index is 0.0762. The number of rotatable bonds is 5. The van der Waals surface area contributed by atoms with Gasteiger partial charge in [-0.1, -0.05) is 82.9 Å². The van der Waals surface area contributed by atoms with Gasteiger partial charge < -0.3 is 10.1 Å². The van der Waals surface area contributed by atoms with Gasteiger partial charge in [-0.05, 0) is 12.5 Å². The number of carbonyl (C=O) groups excluding carboxylic acids is 1. The molecule has 26 heavy (non-hydrogen) atoms. The molecular weight excluding hydrogens is 459 g/mol. The molecule has 4 nitrogen and oxygen atoms in total. The second kappa shape index (κ2) is 8.43. The number of para-hydroxylation sites is 1. The van der Waals surface area contributed by atoms with Crippen LogP contribution in [0.5, 0.6) is 5.75 Å². The monoisotopic (exact) mass is 480 g/mol. The molecule has 0 bridgehead atoms. The normalized spacial score (nSPS) is 21.4. The maximum absolute atomic E-state index is 12.2. The first-order valence-electron chi connectivity index (χ1n) is 8.47. The second-order valence-electron chi connectivity index (χ2n) is 6.20. The minimum Gasteiger partial charge on any atom is -0.493 e. The molecule has 136 valence electrons. The van der Waals surface area contributed by atoms with E-state index >= 15 is 0 Å². The van der Waals surface area contributed by atoms with E-state index in [-0.39, 0.29) is 11.8 Å². The molecule has 3 rings (SSSR count).